The molecule has 3 heterocycles. The first kappa shape index (κ1) is 16.8. The van der Waals surface area contributed by atoms with E-state index in [0.29, 0.717) is 17.2 Å². The SMILES string of the molecule is O=C(Nc1cccc2cccnc12)[C@H]1Oc2ccccc2O[C@H]1c1cccs1. The molecule has 1 aliphatic heterocycles. The fourth-order valence-corrected chi connectivity index (χ4v) is 4.08. The fraction of sp³-hybridized carbons (Fsp3) is 0.0909. The van der Waals surface area contributed by atoms with Crippen LogP contribution in [-0.4, -0.2) is 17.0 Å². The second-order valence-corrected chi connectivity index (χ2v) is 7.39. The Hall–Kier alpha value is -3.38. The minimum absolute atomic E-state index is 0.272. The van der Waals surface area contributed by atoms with Crippen molar-refractivity contribution in [1.82, 2.24) is 4.98 Å². The number of hydrogen-bond donors (Lipinski definition) is 1. The molecule has 4 aromatic rings. The maximum Gasteiger partial charge on any atom is 0.269 e. The zero-order valence-corrected chi connectivity index (χ0v) is 15.6. The number of nitrogens with zero attached hydrogens (tertiary/aromatic N) is 1. The highest BCUT2D eigenvalue weighted by Gasteiger charge is 2.39. The van der Waals surface area contributed by atoms with Crippen LogP contribution >= 0.6 is 11.3 Å². The van der Waals surface area contributed by atoms with Gasteiger partial charge in [-0.15, -0.1) is 11.3 Å². The quantitative estimate of drug-likeness (QED) is 0.547. The van der Waals surface area contributed by atoms with Crippen LogP contribution in [0, 0.1) is 0 Å². The van der Waals surface area contributed by atoms with Gasteiger partial charge in [0.05, 0.1) is 11.2 Å². The van der Waals surface area contributed by atoms with Crippen molar-refractivity contribution in [3.8, 4) is 11.5 Å². The molecule has 2 aromatic carbocycles. The maximum atomic E-state index is 13.2. The van der Waals surface area contributed by atoms with Crippen LogP contribution in [0.3, 0.4) is 0 Å². The van der Waals surface area contributed by atoms with Crippen LogP contribution in [-0.2, 0) is 4.79 Å². The number of aromatic nitrogens is 1. The number of benzene rings is 2. The van der Waals surface area contributed by atoms with E-state index in [1.165, 1.54) is 11.3 Å². The van der Waals surface area contributed by atoms with Gasteiger partial charge in [-0.1, -0.05) is 36.4 Å². The van der Waals surface area contributed by atoms with Crippen LogP contribution in [0.4, 0.5) is 5.69 Å². The molecule has 5 rings (SSSR count). The van der Waals surface area contributed by atoms with E-state index in [0.717, 1.165) is 15.8 Å². The van der Waals surface area contributed by atoms with Crippen molar-refractivity contribution >= 4 is 33.8 Å². The molecule has 2 aromatic heterocycles. The Morgan fingerprint density at radius 2 is 1.75 bits per heavy atom. The van der Waals surface area contributed by atoms with Gasteiger partial charge in [-0.2, -0.15) is 0 Å². The van der Waals surface area contributed by atoms with E-state index < -0.39 is 12.2 Å². The smallest absolute Gasteiger partial charge is 0.269 e. The molecule has 1 amide bonds. The Morgan fingerprint density at radius 3 is 2.57 bits per heavy atom. The van der Waals surface area contributed by atoms with Crippen molar-refractivity contribution < 1.29 is 14.3 Å². The highest BCUT2D eigenvalue weighted by molar-refractivity contribution is 7.10. The topological polar surface area (TPSA) is 60.5 Å². The van der Waals surface area contributed by atoms with Gasteiger partial charge in [-0.25, -0.2) is 0 Å². The minimum Gasteiger partial charge on any atom is -0.476 e. The van der Waals surface area contributed by atoms with E-state index in [1.54, 1.807) is 12.3 Å². The van der Waals surface area contributed by atoms with Gasteiger partial charge >= 0.3 is 0 Å². The number of para-hydroxylation sites is 3. The monoisotopic (exact) mass is 388 g/mol. The molecular weight excluding hydrogens is 372 g/mol. The van der Waals surface area contributed by atoms with E-state index in [2.05, 4.69) is 10.3 Å². The molecule has 0 saturated heterocycles. The predicted molar refractivity (Wildman–Crippen MR) is 109 cm³/mol. The number of carbonyl (C=O) groups excluding carboxylic acids is 1. The van der Waals surface area contributed by atoms with E-state index >= 15 is 0 Å². The summed E-state index contributed by atoms with van der Waals surface area (Å²) in [5.41, 5.74) is 1.39. The minimum atomic E-state index is -0.812. The van der Waals surface area contributed by atoms with Gasteiger partial charge in [-0.3, -0.25) is 9.78 Å². The maximum absolute atomic E-state index is 13.2. The van der Waals surface area contributed by atoms with Crippen molar-refractivity contribution in [2.45, 2.75) is 12.2 Å². The Labute approximate surface area is 165 Å². The lowest BCUT2D eigenvalue weighted by Crippen LogP contribution is -2.42. The normalized spacial score (nSPS) is 18.0. The number of rotatable bonds is 3. The highest BCUT2D eigenvalue weighted by Crippen LogP contribution is 2.40. The highest BCUT2D eigenvalue weighted by atomic mass is 32.1. The second-order valence-electron chi connectivity index (χ2n) is 6.41. The number of nitrogens with one attached hydrogen (secondary N) is 1. The summed E-state index contributed by atoms with van der Waals surface area (Å²) in [6, 6.07) is 20.8. The van der Waals surface area contributed by atoms with E-state index in [4.69, 9.17) is 9.47 Å². The van der Waals surface area contributed by atoms with E-state index in [-0.39, 0.29) is 5.91 Å². The average molecular weight is 388 g/mol. The van der Waals surface area contributed by atoms with Gasteiger partial charge < -0.3 is 14.8 Å². The zero-order chi connectivity index (χ0) is 18.9. The third-order valence-electron chi connectivity index (χ3n) is 4.60. The summed E-state index contributed by atoms with van der Waals surface area (Å²) >= 11 is 1.54. The third-order valence-corrected chi connectivity index (χ3v) is 5.54. The Bertz CT molecular complexity index is 1140. The van der Waals surface area contributed by atoms with Crippen molar-refractivity contribution in [1.29, 1.82) is 0 Å². The van der Waals surface area contributed by atoms with Gasteiger partial charge in [0.2, 0.25) is 6.10 Å². The molecule has 1 N–H and O–H groups in total. The van der Waals surface area contributed by atoms with Crippen molar-refractivity contribution in [3.05, 3.63) is 83.2 Å². The number of carbonyl (C=O) groups is 1. The molecule has 1 aliphatic rings. The number of amides is 1. The number of ether oxygens (including phenoxy) is 2. The van der Waals surface area contributed by atoms with Crippen LogP contribution in [0.1, 0.15) is 11.0 Å². The molecule has 0 aliphatic carbocycles. The zero-order valence-electron chi connectivity index (χ0n) is 14.7. The Morgan fingerprint density at radius 1 is 0.929 bits per heavy atom. The van der Waals surface area contributed by atoms with Crippen LogP contribution < -0.4 is 14.8 Å². The summed E-state index contributed by atoms with van der Waals surface area (Å²) in [4.78, 5) is 18.5. The first-order chi connectivity index (χ1) is 13.8. The molecule has 0 spiro atoms. The third kappa shape index (κ3) is 2.97. The summed E-state index contributed by atoms with van der Waals surface area (Å²) in [6.45, 7) is 0. The van der Waals surface area contributed by atoms with Gasteiger partial charge in [0.15, 0.2) is 17.6 Å². The Kier molecular flexibility index (Phi) is 4.18. The van der Waals surface area contributed by atoms with Gasteiger partial charge in [0.1, 0.15) is 0 Å². The van der Waals surface area contributed by atoms with Crippen LogP contribution in [0.25, 0.3) is 10.9 Å². The fourth-order valence-electron chi connectivity index (χ4n) is 3.30. The molecule has 2 atom stereocenters. The standard InChI is InChI=1S/C22H16N2O3S/c25-22(24-15-8-3-6-14-7-4-12-23-19(14)15)21-20(18-11-5-13-28-18)26-16-9-1-2-10-17(16)27-21/h1-13,20-21H,(H,24,25)/t20-,21-/m0/s1. The first-order valence-corrected chi connectivity index (χ1v) is 9.78. The number of fused-ring (bicyclic) bond motifs is 2. The number of anilines is 1. The van der Waals surface area contributed by atoms with Crippen molar-refractivity contribution in [3.63, 3.8) is 0 Å². The van der Waals surface area contributed by atoms with Crippen molar-refractivity contribution in [2.24, 2.45) is 0 Å². The summed E-state index contributed by atoms with van der Waals surface area (Å²) < 4.78 is 12.2. The van der Waals surface area contributed by atoms with Crippen LogP contribution in [0.5, 0.6) is 11.5 Å². The van der Waals surface area contributed by atoms with Gasteiger partial charge in [0.25, 0.3) is 5.91 Å². The van der Waals surface area contributed by atoms with Gasteiger partial charge in [0, 0.05) is 16.5 Å². The molecule has 138 valence electrons. The van der Waals surface area contributed by atoms with Crippen molar-refractivity contribution in [2.75, 3.05) is 5.32 Å². The summed E-state index contributed by atoms with van der Waals surface area (Å²) in [5.74, 6) is 0.925. The van der Waals surface area contributed by atoms with Gasteiger partial charge in [-0.05, 0) is 35.7 Å². The summed E-state index contributed by atoms with van der Waals surface area (Å²) in [6.07, 6.45) is 0.383. The molecule has 0 unspecified atom stereocenters. The summed E-state index contributed by atoms with van der Waals surface area (Å²) in [5, 5.41) is 5.90. The largest absolute Gasteiger partial charge is 0.476 e. The molecule has 0 fully saturated rings. The number of thiophene rings is 1. The molecule has 0 bridgehead atoms. The number of hydrogen-bond acceptors (Lipinski definition) is 5. The predicted octanol–water partition coefficient (Wildman–Crippen LogP) is 4.82. The van der Waals surface area contributed by atoms with Crippen LogP contribution in [0.2, 0.25) is 0 Å². The van der Waals surface area contributed by atoms with E-state index in [9.17, 15) is 4.79 Å². The molecule has 6 heteroatoms. The molecule has 5 nitrogen and oxygen atoms in total. The lowest BCUT2D eigenvalue weighted by atomic mass is 10.1. The first-order valence-electron chi connectivity index (χ1n) is 8.90. The molecule has 0 saturated carbocycles. The molecular formula is C22H16N2O3S. The molecule has 0 radical (unpaired) electrons. The lowest BCUT2D eigenvalue weighted by molar-refractivity contribution is -0.128. The lowest BCUT2D eigenvalue weighted by Gasteiger charge is -2.32. The average Bonchev–Trinajstić information content (AvgIpc) is 3.28. The summed E-state index contributed by atoms with van der Waals surface area (Å²) in [7, 11) is 0. The number of pyridine rings is 1. The van der Waals surface area contributed by atoms with Crippen LogP contribution in [0.15, 0.2) is 78.3 Å². The Balaban J connectivity index is 1.49. The molecule has 28 heavy (non-hydrogen) atoms. The second kappa shape index (κ2) is 6.98. The van der Waals surface area contributed by atoms with E-state index in [1.807, 2.05) is 66.0 Å².